The van der Waals surface area contributed by atoms with Crippen LogP contribution in [0.2, 0.25) is 0 Å². The second kappa shape index (κ2) is 3.48. The molecule has 0 saturated heterocycles. The molecule has 6 heteroatoms. The third-order valence-electron chi connectivity index (χ3n) is 1.50. The molecule has 0 amide bonds. The average Bonchev–Trinajstić information content (AvgIpc) is 2.48. The molecule has 2 rings (SSSR count). The minimum absolute atomic E-state index is 0.283. The second-order valence-corrected chi connectivity index (χ2v) is 6.31. The Kier molecular flexibility index (Phi) is 2.53. The number of rotatable bonds is 1. The van der Waals surface area contributed by atoms with E-state index < -0.39 is 0 Å². The molecular formula is C6H4AsBr2N3. The van der Waals surface area contributed by atoms with Gasteiger partial charge in [-0.15, -0.1) is 0 Å². The van der Waals surface area contributed by atoms with Crippen molar-refractivity contribution in [2.75, 3.05) is 0 Å². The monoisotopic (exact) mass is 351 g/mol. The van der Waals surface area contributed by atoms with Gasteiger partial charge in [-0.2, -0.15) is 0 Å². The molecule has 0 spiro atoms. The van der Waals surface area contributed by atoms with E-state index in [1.165, 1.54) is 0 Å². The number of hydrogen-bond acceptors (Lipinski definition) is 2. The number of fused-ring (bicyclic) bond motifs is 1. The van der Waals surface area contributed by atoms with Crippen LogP contribution in [0.5, 0.6) is 0 Å². The van der Waals surface area contributed by atoms with Crippen LogP contribution < -0.4 is 4.48 Å². The first-order valence-corrected chi connectivity index (χ1v) is 9.92. The quantitative estimate of drug-likeness (QED) is 0.713. The Bertz CT molecular complexity index is 414. The van der Waals surface area contributed by atoms with E-state index in [0.717, 1.165) is 14.7 Å². The third kappa shape index (κ3) is 1.34. The van der Waals surface area contributed by atoms with Gasteiger partial charge in [0.05, 0.1) is 0 Å². The average molecular weight is 353 g/mol. The molecular weight excluding hydrogens is 349 g/mol. The van der Waals surface area contributed by atoms with Crippen molar-refractivity contribution >= 4 is 53.7 Å². The van der Waals surface area contributed by atoms with Crippen LogP contribution in [0.15, 0.2) is 23.3 Å². The third-order valence-corrected chi connectivity index (χ3v) is 5.23. The first kappa shape index (κ1) is 8.72. The van der Waals surface area contributed by atoms with Crippen molar-refractivity contribution < 1.29 is 0 Å². The molecule has 0 bridgehead atoms. The normalized spacial score (nSPS) is 11.8. The fraction of sp³-hybridized carbons (Fsp3) is 0. The van der Waals surface area contributed by atoms with Gasteiger partial charge >= 0.3 is 91.4 Å². The minimum atomic E-state index is -0.283. The Morgan fingerprint density at radius 2 is 2.25 bits per heavy atom. The van der Waals surface area contributed by atoms with Gasteiger partial charge < -0.3 is 0 Å². The first-order valence-electron chi connectivity index (χ1n) is 3.17. The van der Waals surface area contributed by atoms with Crippen molar-refractivity contribution in [3.05, 3.63) is 23.3 Å². The van der Waals surface area contributed by atoms with Gasteiger partial charge in [0.2, 0.25) is 0 Å². The van der Waals surface area contributed by atoms with E-state index in [9.17, 15) is 0 Å². The van der Waals surface area contributed by atoms with Gasteiger partial charge in [-0.3, -0.25) is 0 Å². The Labute approximate surface area is 91.0 Å². The Hall–Kier alpha value is 0.138. The van der Waals surface area contributed by atoms with E-state index in [1.54, 1.807) is 6.20 Å². The molecule has 0 aliphatic carbocycles. The fourth-order valence-electron chi connectivity index (χ4n) is 0.969. The second-order valence-electron chi connectivity index (χ2n) is 2.15. The molecule has 3 nitrogen and oxygen atoms in total. The molecule has 1 atom stereocenters. The van der Waals surface area contributed by atoms with Gasteiger partial charge in [0, 0.05) is 0 Å². The van der Waals surface area contributed by atoms with Gasteiger partial charge in [0.25, 0.3) is 0 Å². The topological polar surface area (TPSA) is 30.2 Å². The summed E-state index contributed by atoms with van der Waals surface area (Å²) >= 11 is 6.56. The number of nitrogens with zero attached hydrogens (tertiary/aromatic N) is 3. The molecule has 0 N–H and O–H groups in total. The molecule has 0 radical (unpaired) electrons. The van der Waals surface area contributed by atoms with E-state index in [4.69, 9.17) is 0 Å². The number of aromatic nitrogens is 3. The number of imidazole rings is 1. The molecule has 12 heavy (non-hydrogen) atoms. The van der Waals surface area contributed by atoms with Crippen molar-refractivity contribution in [1.82, 2.24) is 14.4 Å². The van der Waals surface area contributed by atoms with Gasteiger partial charge in [-0.05, 0) is 0 Å². The zero-order valence-electron chi connectivity index (χ0n) is 5.83. The number of halogens is 2. The standard InChI is InChI=1S/C6H4AsBr2N3/c8-6-11-3-4-5(7-9)10-1-2-12(4)6/h1-3,7H. The van der Waals surface area contributed by atoms with Crippen LogP contribution in [0.1, 0.15) is 0 Å². The van der Waals surface area contributed by atoms with Crippen LogP contribution in [0, 0.1) is 0 Å². The van der Waals surface area contributed by atoms with Crippen LogP contribution >= 0.6 is 29.9 Å². The van der Waals surface area contributed by atoms with E-state index in [-0.39, 0.29) is 13.9 Å². The Balaban J connectivity index is 2.81. The van der Waals surface area contributed by atoms with Crippen molar-refractivity contribution in [2.24, 2.45) is 0 Å². The molecule has 62 valence electrons. The van der Waals surface area contributed by atoms with Crippen molar-refractivity contribution in [2.45, 2.75) is 0 Å². The number of hydrogen-bond donors (Lipinski definition) is 0. The summed E-state index contributed by atoms with van der Waals surface area (Å²) in [4.78, 5) is 8.41. The van der Waals surface area contributed by atoms with E-state index in [2.05, 4.69) is 39.8 Å². The summed E-state index contributed by atoms with van der Waals surface area (Å²) in [5.41, 5.74) is 1.08. The van der Waals surface area contributed by atoms with Crippen molar-refractivity contribution in [1.29, 1.82) is 0 Å². The predicted octanol–water partition coefficient (Wildman–Crippen LogP) is 0.863. The zero-order chi connectivity index (χ0) is 8.55. The van der Waals surface area contributed by atoms with E-state index in [1.807, 2.05) is 16.8 Å². The summed E-state index contributed by atoms with van der Waals surface area (Å²) in [7, 11) is 0. The molecule has 0 fully saturated rings. The van der Waals surface area contributed by atoms with Gasteiger partial charge in [-0.25, -0.2) is 0 Å². The van der Waals surface area contributed by atoms with Gasteiger partial charge in [0.15, 0.2) is 0 Å². The van der Waals surface area contributed by atoms with Gasteiger partial charge in [-0.1, -0.05) is 0 Å². The van der Waals surface area contributed by atoms with Crippen LogP contribution in [0.4, 0.5) is 0 Å². The molecule has 2 aromatic heterocycles. The SMILES string of the molecule is Br[AsH]c1nccn2c(Br)ncc12. The molecule has 2 aromatic rings. The summed E-state index contributed by atoms with van der Waals surface area (Å²) in [5, 5.41) is 0. The zero-order valence-corrected chi connectivity index (χ0v) is 11.1. The Morgan fingerprint density at radius 3 is 3.00 bits per heavy atom. The predicted molar refractivity (Wildman–Crippen MR) is 56.4 cm³/mol. The van der Waals surface area contributed by atoms with E-state index >= 15 is 0 Å². The maximum absolute atomic E-state index is 4.27. The van der Waals surface area contributed by atoms with Crippen LogP contribution in [-0.4, -0.2) is 28.3 Å². The molecule has 0 aliphatic rings. The van der Waals surface area contributed by atoms with Crippen LogP contribution in [0.25, 0.3) is 5.52 Å². The van der Waals surface area contributed by atoms with E-state index in [0.29, 0.717) is 0 Å². The fourth-order valence-corrected chi connectivity index (χ4v) is 3.82. The van der Waals surface area contributed by atoms with Gasteiger partial charge in [0.1, 0.15) is 0 Å². The molecule has 2 heterocycles. The molecule has 0 aromatic carbocycles. The summed E-state index contributed by atoms with van der Waals surface area (Å²) in [6.45, 7) is 0. The van der Waals surface area contributed by atoms with Crippen molar-refractivity contribution in [3.63, 3.8) is 0 Å². The summed E-state index contributed by atoms with van der Waals surface area (Å²) in [6, 6.07) is 0. The van der Waals surface area contributed by atoms with Crippen LogP contribution in [-0.2, 0) is 0 Å². The summed E-state index contributed by atoms with van der Waals surface area (Å²) in [5.74, 6) is 0. The Morgan fingerprint density at radius 1 is 1.42 bits per heavy atom. The summed E-state index contributed by atoms with van der Waals surface area (Å²) in [6.07, 6.45) is 5.52. The summed E-state index contributed by atoms with van der Waals surface area (Å²) < 4.78 is 3.93. The molecule has 0 aliphatic heterocycles. The molecule has 1 unspecified atom stereocenters. The first-order chi connectivity index (χ1) is 5.83. The van der Waals surface area contributed by atoms with Crippen LogP contribution in [0.3, 0.4) is 0 Å². The maximum atomic E-state index is 4.27. The molecule has 0 saturated carbocycles. The van der Waals surface area contributed by atoms with Crippen molar-refractivity contribution in [3.8, 4) is 0 Å².